The van der Waals surface area contributed by atoms with Gasteiger partial charge in [0.1, 0.15) is 17.2 Å². The van der Waals surface area contributed by atoms with Gasteiger partial charge in [-0.1, -0.05) is 30.3 Å². The molecule has 1 unspecified atom stereocenters. The molecule has 2 N–H and O–H groups in total. The van der Waals surface area contributed by atoms with Crippen LogP contribution in [0.5, 0.6) is 0 Å². The van der Waals surface area contributed by atoms with Crippen LogP contribution in [0.1, 0.15) is 40.4 Å². The summed E-state index contributed by atoms with van der Waals surface area (Å²) >= 11 is 1.59. The second-order valence-electron chi connectivity index (χ2n) is 5.23. The van der Waals surface area contributed by atoms with Crippen molar-refractivity contribution in [1.29, 1.82) is 0 Å². The fourth-order valence-corrected chi connectivity index (χ4v) is 3.47. The summed E-state index contributed by atoms with van der Waals surface area (Å²) in [6.07, 6.45) is 4.01. The summed E-state index contributed by atoms with van der Waals surface area (Å²) in [5.41, 5.74) is 0.749. The predicted octanol–water partition coefficient (Wildman–Crippen LogP) is 2.91. The van der Waals surface area contributed by atoms with Gasteiger partial charge < -0.3 is 9.84 Å². The Morgan fingerprint density at radius 2 is 2.27 bits per heavy atom. The maximum Gasteiger partial charge on any atom is 0.325 e. The standard InChI is InChI=1S/C16H18N2O3S/c19-16(20)14(11-5-2-1-3-6-11)17-9-12-10-18-15(22-12)13-7-4-8-21-13/h1-3,5-6,10,13-14,17H,4,7-9H2,(H,19,20)/t13?,14-/m1/s1. The Morgan fingerprint density at radius 1 is 1.45 bits per heavy atom. The average Bonchev–Trinajstić information content (AvgIpc) is 3.19. The monoisotopic (exact) mass is 318 g/mol. The van der Waals surface area contributed by atoms with Gasteiger partial charge in [-0.3, -0.25) is 10.1 Å². The molecule has 1 aromatic heterocycles. The minimum absolute atomic E-state index is 0.114. The van der Waals surface area contributed by atoms with Gasteiger partial charge in [-0.05, 0) is 18.4 Å². The van der Waals surface area contributed by atoms with E-state index in [1.165, 1.54) is 0 Å². The maximum atomic E-state index is 11.4. The third-order valence-corrected chi connectivity index (χ3v) is 4.73. The van der Waals surface area contributed by atoms with Gasteiger partial charge in [-0.2, -0.15) is 0 Å². The summed E-state index contributed by atoms with van der Waals surface area (Å²) in [7, 11) is 0. The van der Waals surface area contributed by atoms with Crippen molar-refractivity contribution in [2.24, 2.45) is 0 Å². The molecule has 1 aliphatic rings. The number of aromatic nitrogens is 1. The van der Waals surface area contributed by atoms with E-state index in [1.54, 1.807) is 17.5 Å². The van der Waals surface area contributed by atoms with Gasteiger partial charge in [0.25, 0.3) is 0 Å². The smallest absolute Gasteiger partial charge is 0.325 e. The fraction of sp³-hybridized carbons (Fsp3) is 0.375. The highest BCUT2D eigenvalue weighted by atomic mass is 32.1. The third kappa shape index (κ3) is 3.52. The number of nitrogens with zero attached hydrogens (tertiary/aromatic N) is 1. The van der Waals surface area contributed by atoms with Crippen molar-refractivity contribution in [2.45, 2.75) is 31.5 Å². The molecule has 0 saturated carbocycles. The van der Waals surface area contributed by atoms with Crippen molar-refractivity contribution in [3.8, 4) is 0 Å². The minimum atomic E-state index is -0.880. The number of hydrogen-bond acceptors (Lipinski definition) is 5. The van der Waals surface area contributed by atoms with Crippen molar-refractivity contribution in [2.75, 3.05) is 6.61 Å². The molecule has 0 spiro atoms. The first-order valence-corrected chi connectivity index (χ1v) is 8.13. The van der Waals surface area contributed by atoms with Crippen LogP contribution in [0.2, 0.25) is 0 Å². The van der Waals surface area contributed by atoms with Crippen molar-refractivity contribution in [1.82, 2.24) is 10.3 Å². The number of rotatable bonds is 6. The van der Waals surface area contributed by atoms with E-state index in [1.807, 2.05) is 30.3 Å². The SMILES string of the molecule is O=C(O)[C@H](NCc1cnc(C2CCCO2)s1)c1ccccc1. The summed E-state index contributed by atoms with van der Waals surface area (Å²) in [6.45, 7) is 1.28. The molecule has 3 rings (SSSR count). The van der Waals surface area contributed by atoms with Gasteiger partial charge in [-0.25, -0.2) is 4.98 Å². The summed E-state index contributed by atoms with van der Waals surface area (Å²) in [6, 6.07) is 8.48. The van der Waals surface area contributed by atoms with Crippen LogP contribution in [0.25, 0.3) is 0 Å². The molecule has 2 aromatic rings. The number of benzene rings is 1. The molecule has 22 heavy (non-hydrogen) atoms. The van der Waals surface area contributed by atoms with E-state index in [2.05, 4.69) is 10.3 Å². The number of carboxylic acids is 1. The first-order valence-electron chi connectivity index (χ1n) is 7.31. The quantitative estimate of drug-likeness (QED) is 0.857. The molecule has 0 aliphatic carbocycles. The Bertz CT molecular complexity index is 623. The Hall–Kier alpha value is -1.76. The van der Waals surface area contributed by atoms with Gasteiger partial charge in [0.05, 0.1) is 0 Å². The lowest BCUT2D eigenvalue weighted by molar-refractivity contribution is -0.139. The Morgan fingerprint density at radius 3 is 2.95 bits per heavy atom. The highest BCUT2D eigenvalue weighted by Crippen LogP contribution is 2.31. The molecule has 1 fully saturated rings. The molecule has 6 heteroatoms. The highest BCUT2D eigenvalue weighted by molar-refractivity contribution is 7.11. The van der Waals surface area contributed by atoms with Crippen LogP contribution in [0.15, 0.2) is 36.5 Å². The second kappa shape index (κ2) is 7.00. The molecule has 5 nitrogen and oxygen atoms in total. The Labute approximate surface area is 133 Å². The number of carboxylic acid groups (broad SMARTS) is 1. The van der Waals surface area contributed by atoms with E-state index in [0.717, 1.165) is 34.9 Å². The van der Waals surface area contributed by atoms with Gasteiger partial charge in [0.15, 0.2) is 0 Å². The van der Waals surface area contributed by atoms with E-state index in [0.29, 0.717) is 6.54 Å². The average molecular weight is 318 g/mol. The van der Waals surface area contributed by atoms with Crippen LogP contribution >= 0.6 is 11.3 Å². The summed E-state index contributed by atoms with van der Waals surface area (Å²) in [5.74, 6) is -0.880. The largest absolute Gasteiger partial charge is 0.480 e. The van der Waals surface area contributed by atoms with Crippen molar-refractivity contribution < 1.29 is 14.6 Å². The normalized spacial score (nSPS) is 19.2. The van der Waals surface area contributed by atoms with Crippen molar-refractivity contribution in [3.05, 3.63) is 52.0 Å². The Kier molecular flexibility index (Phi) is 4.82. The number of ether oxygens (including phenoxy) is 1. The van der Waals surface area contributed by atoms with E-state index in [4.69, 9.17) is 4.74 Å². The van der Waals surface area contributed by atoms with Crippen molar-refractivity contribution >= 4 is 17.3 Å². The first-order chi connectivity index (χ1) is 10.7. The number of hydrogen-bond donors (Lipinski definition) is 2. The first kappa shape index (κ1) is 15.1. The zero-order valence-electron chi connectivity index (χ0n) is 12.1. The number of carbonyl (C=O) groups is 1. The minimum Gasteiger partial charge on any atom is -0.480 e. The van der Waals surface area contributed by atoms with Crippen LogP contribution in [0.3, 0.4) is 0 Å². The van der Waals surface area contributed by atoms with Crippen LogP contribution in [0, 0.1) is 0 Å². The molecule has 0 bridgehead atoms. The zero-order valence-corrected chi connectivity index (χ0v) is 12.9. The third-order valence-electron chi connectivity index (χ3n) is 3.64. The molecule has 1 aromatic carbocycles. The van der Waals surface area contributed by atoms with E-state index < -0.39 is 12.0 Å². The van der Waals surface area contributed by atoms with Gasteiger partial charge in [-0.15, -0.1) is 11.3 Å². The van der Waals surface area contributed by atoms with Gasteiger partial charge >= 0.3 is 5.97 Å². The maximum absolute atomic E-state index is 11.4. The van der Waals surface area contributed by atoms with Crippen LogP contribution in [0.4, 0.5) is 0 Å². The lowest BCUT2D eigenvalue weighted by Gasteiger charge is -2.13. The molecule has 116 valence electrons. The molecule has 1 saturated heterocycles. The molecule has 1 aliphatic heterocycles. The Balaban J connectivity index is 1.64. The molecular formula is C16H18N2O3S. The summed E-state index contributed by atoms with van der Waals surface area (Å²) < 4.78 is 5.62. The molecule has 0 radical (unpaired) electrons. The van der Waals surface area contributed by atoms with E-state index in [-0.39, 0.29) is 6.10 Å². The highest BCUT2D eigenvalue weighted by Gasteiger charge is 2.22. The summed E-state index contributed by atoms with van der Waals surface area (Å²) in [5, 5.41) is 13.5. The predicted molar refractivity (Wildman–Crippen MR) is 83.7 cm³/mol. The molecule has 0 amide bonds. The number of thiazole rings is 1. The lowest BCUT2D eigenvalue weighted by Crippen LogP contribution is -2.27. The molecular weight excluding hydrogens is 300 g/mol. The molecule has 2 atom stereocenters. The van der Waals surface area contributed by atoms with E-state index >= 15 is 0 Å². The zero-order chi connectivity index (χ0) is 15.4. The van der Waals surface area contributed by atoms with Crippen LogP contribution in [-0.4, -0.2) is 22.7 Å². The van der Waals surface area contributed by atoms with Gasteiger partial charge in [0.2, 0.25) is 0 Å². The van der Waals surface area contributed by atoms with Crippen LogP contribution in [-0.2, 0) is 16.1 Å². The second-order valence-corrected chi connectivity index (χ2v) is 6.38. The van der Waals surface area contributed by atoms with E-state index in [9.17, 15) is 9.90 Å². The molecule has 2 heterocycles. The fourth-order valence-electron chi connectivity index (χ4n) is 2.52. The number of nitrogens with one attached hydrogen (secondary N) is 1. The topological polar surface area (TPSA) is 71.5 Å². The van der Waals surface area contributed by atoms with Crippen molar-refractivity contribution in [3.63, 3.8) is 0 Å². The number of aliphatic carboxylic acids is 1. The summed E-state index contributed by atoms with van der Waals surface area (Å²) in [4.78, 5) is 16.9. The lowest BCUT2D eigenvalue weighted by atomic mass is 10.1. The van der Waals surface area contributed by atoms with Gasteiger partial charge in [0, 0.05) is 24.2 Å². The van der Waals surface area contributed by atoms with Crippen LogP contribution < -0.4 is 5.32 Å².